The van der Waals surface area contributed by atoms with E-state index in [4.69, 9.17) is 25.0 Å². The molecule has 0 saturated carbocycles. The van der Waals surface area contributed by atoms with Gasteiger partial charge in [0.05, 0.1) is 12.6 Å². The molecule has 33 heavy (non-hydrogen) atoms. The van der Waals surface area contributed by atoms with Gasteiger partial charge in [-0.05, 0) is 38.3 Å². The molecule has 4 atom stereocenters. The third-order valence-corrected chi connectivity index (χ3v) is 5.50. The Bertz CT molecular complexity index is 843. The van der Waals surface area contributed by atoms with Gasteiger partial charge in [-0.2, -0.15) is 26.7 Å². The lowest BCUT2D eigenvalue weighted by molar-refractivity contribution is -0.192. The van der Waals surface area contributed by atoms with Crippen LogP contribution in [0.25, 0.3) is 0 Å². The number of nitrogens with zero attached hydrogens (tertiary/aromatic N) is 2. The quantitative estimate of drug-likeness (QED) is 0.201. The van der Waals surface area contributed by atoms with E-state index in [2.05, 4.69) is 15.1 Å². The number of halogens is 3. The van der Waals surface area contributed by atoms with Crippen LogP contribution >= 0.6 is 0 Å². The highest BCUT2D eigenvalue weighted by atomic mass is 32.3. The van der Waals surface area contributed by atoms with Gasteiger partial charge in [-0.25, -0.2) is 15.1 Å². The number of amides is 3. The molecule has 3 aliphatic heterocycles. The lowest BCUT2D eigenvalue weighted by Gasteiger charge is -2.29. The van der Waals surface area contributed by atoms with E-state index >= 15 is 0 Å². The zero-order valence-corrected chi connectivity index (χ0v) is 17.8. The van der Waals surface area contributed by atoms with E-state index in [1.807, 2.05) is 0 Å². The molecule has 0 aliphatic carbocycles. The fourth-order valence-corrected chi connectivity index (χ4v) is 3.98. The second-order valence-corrected chi connectivity index (χ2v) is 8.54. The van der Waals surface area contributed by atoms with Crippen LogP contribution in [0.2, 0.25) is 0 Å². The number of urea groups is 1. The maximum atomic E-state index is 12.3. The van der Waals surface area contributed by atoms with Gasteiger partial charge in [-0.3, -0.25) is 14.2 Å². The first kappa shape index (κ1) is 27.0. The number of hydroxylamine groups is 3. The van der Waals surface area contributed by atoms with Crippen molar-refractivity contribution in [2.45, 2.75) is 43.6 Å². The highest BCUT2D eigenvalue weighted by molar-refractivity contribution is 7.80. The maximum Gasteiger partial charge on any atom is 0.490 e. The van der Waals surface area contributed by atoms with Crippen LogP contribution in [0.1, 0.15) is 19.3 Å². The minimum atomic E-state index is -5.08. The van der Waals surface area contributed by atoms with Gasteiger partial charge in [0, 0.05) is 12.6 Å². The van der Waals surface area contributed by atoms with E-state index in [1.165, 1.54) is 4.90 Å². The smallest absolute Gasteiger partial charge is 0.475 e. The van der Waals surface area contributed by atoms with Gasteiger partial charge >= 0.3 is 28.6 Å². The molecule has 0 aromatic carbocycles. The Morgan fingerprint density at radius 2 is 1.94 bits per heavy atom. The fourth-order valence-electron chi connectivity index (χ4n) is 3.59. The highest BCUT2D eigenvalue weighted by Crippen LogP contribution is 2.30. The van der Waals surface area contributed by atoms with E-state index in [0.29, 0.717) is 30.4 Å². The number of piperidine rings is 1. The molecule has 6 N–H and O–H groups in total. The van der Waals surface area contributed by atoms with Gasteiger partial charge in [0.25, 0.3) is 5.91 Å². The predicted molar refractivity (Wildman–Crippen MR) is 100 cm³/mol. The summed E-state index contributed by atoms with van der Waals surface area (Å²) >= 11 is 0. The molecule has 0 radical (unpaired) electrons. The maximum absolute atomic E-state index is 12.3. The van der Waals surface area contributed by atoms with Crippen molar-refractivity contribution in [2.75, 3.05) is 26.2 Å². The van der Waals surface area contributed by atoms with Crippen LogP contribution < -0.4 is 16.5 Å². The van der Waals surface area contributed by atoms with Gasteiger partial charge in [-0.15, -0.1) is 4.28 Å². The summed E-state index contributed by atoms with van der Waals surface area (Å²) in [5.74, 6) is -2.85. The van der Waals surface area contributed by atoms with Crippen molar-refractivity contribution in [1.82, 2.24) is 20.8 Å². The van der Waals surface area contributed by atoms with Crippen molar-refractivity contribution < 1.29 is 54.8 Å². The number of rotatable bonds is 7. The van der Waals surface area contributed by atoms with Crippen molar-refractivity contribution in [3.63, 3.8) is 0 Å². The molecule has 3 heterocycles. The summed E-state index contributed by atoms with van der Waals surface area (Å²) in [6.45, 7) is 1.82. The molecule has 0 aromatic rings. The van der Waals surface area contributed by atoms with Crippen molar-refractivity contribution in [1.29, 1.82) is 0 Å². The molecule has 0 unspecified atom stereocenters. The lowest BCUT2D eigenvalue weighted by Crippen LogP contribution is -2.50. The summed E-state index contributed by atoms with van der Waals surface area (Å²) in [7, 11) is -4.81. The molecular formula is C15H24F3N5O9S. The Labute approximate surface area is 186 Å². The number of carbonyl (C=O) groups is 3. The van der Waals surface area contributed by atoms with Crippen LogP contribution in [-0.4, -0.2) is 96.5 Å². The van der Waals surface area contributed by atoms with Crippen LogP contribution in [0.3, 0.4) is 0 Å². The fraction of sp³-hybridized carbons (Fsp3) is 0.800. The van der Waals surface area contributed by atoms with Crippen molar-refractivity contribution in [3.05, 3.63) is 0 Å². The number of alkyl halides is 3. The number of carboxylic acids is 1. The SMILES string of the molecule is NC[C@@H]1CN[C@@H](CONC(=O)[C@@H]2CC[C@@H]3CN2C(=O)N3OS(=O)(=O)O)C1.O=C(O)C(F)(F)F. The molecule has 14 nitrogen and oxygen atoms in total. The van der Waals surface area contributed by atoms with Crippen LogP contribution in [0.5, 0.6) is 0 Å². The molecule has 0 aromatic heterocycles. The van der Waals surface area contributed by atoms with Crippen molar-refractivity contribution in [2.24, 2.45) is 11.7 Å². The molecular weight excluding hydrogens is 483 g/mol. The Hall–Kier alpha value is -2.25. The average molecular weight is 507 g/mol. The first-order valence-corrected chi connectivity index (χ1v) is 11.0. The molecule has 2 bridgehead atoms. The topological polar surface area (TPSA) is 201 Å². The molecule has 3 rings (SSSR count). The Balaban J connectivity index is 0.000000479. The monoisotopic (exact) mass is 507 g/mol. The summed E-state index contributed by atoms with van der Waals surface area (Å²) in [4.78, 5) is 39.9. The second kappa shape index (κ2) is 10.8. The summed E-state index contributed by atoms with van der Waals surface area (Å²) in [6, 6.07) is -2.01. The molecule has 3 saturated heterocycles. The Morgan fingerprint density at radius 3 is 2.45 bits per heavy atom. The number of fused-ring (bicyclic) bond motifs is 2. The van der Waals surface area contributed by atoms with E-state index in [9.17, 15) is 31.2 Å². The molecule has 3 amide bonds. The molecule has 0 spiro atoms. The van der Waals surface area contributed by atoms with E-state index < -0.39 is 46.6 Å². The summed E-state index contributed by atoms with van der Waals surface area (Å²) < 4.78 is 66.5. The molecule has 18 heteroatoms. The van der Waals surface area contributed by atoms with Gasteiger partial charge in [-0.1, -0.05) is 0 Å². The van der Waals surface area contributed by atoms with E-state index in [0.717, 1.165) is 13.0 Å². The number of aliphatic carboxylic acids is 1. The number of nitrogens with two attached hydrogens (primary N) is 1. The average Bonchev–Trinajstić information content (AvgIpc) is 3.26. The summed E-state index contributed by atoms with van der Waals surface area (Å²) in [6.07, 6.45) is -3.53. The highest BCUT2D eigenvalue weighted by Gasteiger charge is 2.49. The third-order valence-electron chi connectivity index (χ3n) is 5.15. The molecule has 190 valence electrons. The Kier molecular flexibility index (Phi) is 8.82. The number of hydrogen-bond donors (Lipinski definition) is 5. The minimum absolute atomic E-state index is 0.103. The van der Waals surface area contributed by atoms with Crippen LogP contribution in [0.4, 0.5) is 18.0 Å². The zero-order valence-electron chi connectivity index (χ0n) is 17.0. The standard InChI is InChI=1S/C13H23N5O7S.C2HF3O2/c14-4-8-3-9(15-5-8)7-24-16-12(19)11-2-1-10-6-17(11)13(20)18(10)25-26(21,22)23;3-2(4,5)1(6)7/h8-11,15H,1-7,14H2,(H,16,19)(H,21,22,23);(H,6,7)/t8-,9-,10-,11+;/m1./s1. The minimum Gasteiger partial charge on any atom is -0.475 e. The predicted octanol–water partition coefficient (Wildman–Crippen LogP) is -1.39. The number of nitrogens with one attached hydrogen (secondary N) is 2. The normalized spacial score (nSPS) is 27.2. The lowest BCUT2D eigenvalue weighted by atomic mass is 10.0. The van der Waals surface area contributed by atoms with E-state index in [-0.39, 0.29) is 19.2 Å². The van der Waals surface area contributed by atoms with Gasteiger partial charge in [0.2, 0.25) is 0 Å². The van der Waals surface area contributed by atoms with Crippen LogP contribution in [0, 0.1) is 5.92 Å². The van der Waals surface area contributed by atoms with Gasteiger partial charge in [0.1, 0.15) is 6.04 Å². The van der Waals surface area contributed by atoms with Gasteiger partial charge < -0.3 is 21.1 Å². The summed E-state index contributed by atoms with van der Waals surface area (Å²) in [5, 5.41) is 11.0. The van der Waals surface area contributed by atoms with Crippen LogP contribution in [0.15, 0.2) is 0 Å². The summed E-state index contributed by atoms with van der Waals surface area (Å²) in [5.41, 5.74) is 7.96. The molecule has 3 aliphatic rings. The van der Waals surface area contributed by atoms with E-state index in [1.54, 1.807) is 0 Å². The third kappa shape index (κ3) is 7.64. The Morgan fingerprint density at radius 1 is 1.30 bits per heavy atom. The first-order chi connectivity index (χ1) is 15.2. The number of hydrogen-bond acceptors (Lipinski definition) is 9. The van der Waals surface area contributed by atoms with Crippen LogP contribution in [-0.2, 0) is 29.1 Å². The van der Waals surface area contributed by atoms with Crippen molar-refractivity contribution >= 4 is 28.3 Å². The zero-order chi connectivity index (χ0) is 25.0. The number of carboxylic acid groups (broad SMARTS) is 1. The second-order valence-electron chi connectivity index (χ2n) is 7.53. The van der Waals surface area contributed by atoms with Gasteiger partial charge in [0.15, 0.2) is 0 Å². The first-order valence-electron chi connectivity index (χ1n) is 9.65. The molecule has 3 fully saturated rings. The largest absolute Gasteiger partial charge is 0.490 e. The number of carbonyl (C=O) groups excluding carboxylic acids is 2. The van der Waals surface area contributed by atoms with Crippen molar-refractivity contribution in [3.8, 4) is 0 Å².